The van der Waals surface area contributed by atoms with E-state index in [1.165, 1.54) is 12.0 Å². The number of ether oxygens (including phenoxy) is 1. The molecular weight excluding hydrogens is 250 g/mol. The summed E-state index contributed by atoms with van der Waals surface area (Å²) in [4.78, 5) is 0. The third-order valence-electron chi connectivity index (χ3n) is 3.90. The SMILES string of the molecule is CC(C)Cn1cc(CNC[C@H]2CCO[C@@H]2C(C)C)cn1. The maximum absolute atomic E-state index is 5.82. The fourth-order valence-corrected chi connectivity index (χ4v) is 2.98. The van der Waals surface area contributed by atoms with Crippen LogP contribution in [0.3, 0.4) is 0 Å². The van der Waals surface area contributed by atoms with E-state index in [1.54, 1.807) is 0 Å². The molecule has 0 unspecified atom stereocenters. The summed E-state index contributed by atoms with van der Waals surface area (Å²) in [7, 11) is 0. The molecular formula is C16H29N3O. The van der Waals surface area contributed by atoms with Gasteiger partial charge in [0.2, 0.25) is 0 Å². The van der Waals surface area contributed by atoms with E-state index in [9.17, 15) is 0 Å². The van der Waals surface area contributed by atoms with Gasteiger partial charge in [0.25, 0.3) is 0 Å². The van der Waals surface area contributed by atoms with Crippen molar-refractivity contribution in [3.63, 3.8) is 0 Å². The highest BCUT2D eigenvalue weighted by Gasteiger charge is 2.30. The van der Waals surface area contributed by atoms with Gasteiger partial charge in [0.05, 0.1) is 12.3 Å². The van der Waals surface area contributed by atoms with Crippen molar-refractivity contribution in [2.45, 2.75) is 53.3 Å². The van der Waals surface area contributed by atoms with Gasteiger partial charge in [0.15, 0.2) is 0 Å². The van der Waals surface area contributed by atoms with E-state index in [1.807, 2.05) is 10.9 Å². The Balaban J connectivity index is 1.74. The summed E-state index contributed by atoms with van der Waals surface area (Å²) < 4.78 is 7.86. The van der Waals surface area contributed by atoms with E-state index in [4.69, 9.17) is 4.74 Å². The molecule has 0 bridgehead atoms. The predicted octanol–water partition coefficient (Wildman–Crippen LogP) is 2.69. The van der Waals surface area contributed by atoms with Gasteiger partial charge in [-0.25, -0.2) is 0 Å². The number of hydrogen-bond donors (Lipinski definition) is 1. The maximum Gasteiger partial charge on any atom is 0.0639 e. The van der Waals surface area contributed by atoms with Crippen molar-refractivity contribution < 1.29 is 4.74 Å². The highest BCUT2D eigenvalue weighted by Crippen LogP contribution is 2.26. The Morgan fingerprint density at radius 2 is 2.20 bits per heavy atom. The second-order valence-electron chi connectivity index (χ2n) is 6.72. The first-order valence-electron chi connectivity index (χ1n) is 7.90. The molecule has 1 fully saturated rings. The average Bonchev–Trinajstić information content (AvgIpc) is 2.98. The Morgan fingerprint density at radius 1 is 1.40 bits per heavy atom. The number of nitrogens with one attached hydrogen (secondary N) is 1. The Morgan fingerprint density at radius 3 is 2.90 bits per heavy atom. The van der Waals surface area contributed by atoms with Gasteiger partial charge < -0.3 is 10.1 Å². The van der Waals surface area contributed by atoms with Crippen molar-refractivity contribution in [3.05, 3.63) is 18.0 Å². The van der Waals surface area contributed by atoms with E-state index in [-0.39, 0.29) is 0 Å². The summed E-state index contributed by atoms with van der Waals surface area (Å²) in [6.07, 6.45) is 5.73. The zero-order valence-corrected chi connectivity index (χ0v) is 13.3. The molecule has 1 aromatic rings. The maximum atomic E-state index is 5.82. The van der Waals surface area contributed by atoms with E-state index >= 15 is 0 Å². The van der Waals surface area contributed by atoms with Crippen molar-refractivity contribution in [2.24, 2.45) is 17.8 Å². The lowest BCUT2D eigenvalue weighted by Gasteiger charge is -2.22. The molecule has 4 heteroatoms. The van der Waals surface area contributed by atoms with Crippen molar-refractivity contribution in [2.75, 3.05) is 13.2 Å². The number of aromatic nitrogens is 2. The molecule has 1 N–H and O–H groups in total. The third-order valence-corrected chi connectivity index (χ3v) is 3.90. The Bertz CT molecular complexity index is 400. The lowest BCUT2D eigenvalue weighted by Crippen LogP contribution is -2.31. The van der Waals surface area contributed by atoms with Crippen LogP contribution in [-0.4, -0.2) is 29.0 Å². The molecule has 1 aliphatic heterocycles. The summed E-state index contributed by atoms with van der Waals surface area (Å²) in [5, 5.41) is 7.96. The van der Waals surface area contributed by atoms with Crippen LogP contribution in [0.1, 0.15) is 39.7 Å². The minimum absolute atomic E-state index is 0.422. The largest absolute Gasteiger partial charge is 0.378 e. The Kier molecular flexibility index (Phi) is 5.61. The topological polar surface area (TPSA) is 39.1 Å². The van der Waals surface area contributed by atoms with Gasteiger partial charge in [-0.2, -0.15) is 5.10 Å². The van der Waals surface area contributed by atoms with Crippen LogP contribution in [0.15, 0.2) is 12.4 Å². The lowest BCUT2D eigenvalue weighted by molar-refractivity contribution is 0.0539. The Labute approximate surface area is 122 Å². The van der Waals surface area contributed by atoms with E-state index in [0.717, 1.165) is 26.2 Å². The quantitative estimate of drug-likeness (QED) is 0.834. The summed E-state index contributed by atoms with van der Waals surface area (Å²) in [6, 6.07) is 0. The van der Waals surface area contributed by atoms with E-state index in [0.29, 0.717) is 23.9 Å². The van der Waals surface area contributed by atoms with Gasteiger partial charge in [-0.15, -0.1) is 0 Å². The molecule has 2 heterocycles. The minimum Gasteiger partial charge on any atom is -0.378 e. The first-order chi connectivity index (χ1) is 9.56. The molecule has 0 aromatic carbocycles. The molecule has 2 rings (SSSR count). The van der Waals surface area contributed by atoms with Crippen LogP contribution in [0.2, 0.25) is 0 Å². The first kappa shape index (κ1) is 15.5. The van der Waals surface area contributed by atoms with Crippen molar-refractivity contribution in [1.82, 2.24) is 15.1 Å². The van der Waals surface area contributed by atoms with Gasteiger partial charge in [-0.05, 0) is 24.2 Å². The smallest absolute Gasteiger partial charge is 0.0639 e. The second kappa shape index (κ2) is 7.23. The van der Waals surface area contributed by atoms with Crippen molar-refractivity contribution in [1.29, 1.82) is 0 Å². The van der Waals surface area contributed by atoms with Gasteiger partial charge in [-0.1, -0.05) is 27.7 Å². The molecule has 1 aliphatic rings. The van der Waals surface area contributed by atoms with Gasteiger partial charge in [0.1, 0.15) is 0 Å². The first-order valence-corrected chi connectivity index (χ1v) is 7.90. The molecule has 0 amide bonds. The van der Waals surface area contributed by atoms with Crippen LogP contribution >= 0.6 is 0 Å². The van der Waals surface area contributed by atoms with Crippen LogP contribution < -0.4 is 5.32 Å². The summed E-state index contributed by atoms with van der Waals surface area (Å²) in [5.41, 5.74) is 1.27. The highest BCUT2D eigenvalue weighted by atomic mass is 16.5. The summed E-state index contributed by atoms with van der Waals surface area (Å²) in [5.74, 6) is 1.90. The zero-order chi connectivity index (χ0) is 14.5. The monoisotopic (exact) mass is 279 g/mol. The molecule has 0 spiro atoms. The zero-order valence-electron chi connectivity index (χ0n) is 13.3. The molecule has 0 saturated carbocycles. The molecule has 1 saturated heterocycles. The van der Waals surface area contributed by atoms with Crippen LogP contribution in [0, 0.1) is 17.8 Å². The number of nitrogens with zero attached hydrogens (tertiary/aromatic N) is 2. The standard InChI is InChI=1S/C16H29N3O/c1-12(2)10-19-11-14(8-18-19)7-17-9-15-5-6-20-16(15)13(3)4/h8,11-13,15-17H,5-7,9-10H2,1-4H3/t15-,16-/m1/s1. The molecule has 4 nitrogen and oxygen atoms in total. The summed E-state index contributed by atoms with van der Waals surface area (Å²) >= 11 is 0. The molecule has 20 heavy (non-hydrogen) atoms. The van der Waals surface area contributed by atoms with Gasteiger partial charge >= 0.3 is 0 Å². The lowest BCUT2D eigenvalue weighted by atomic mass is 9.93. The van der Waals surface area contributed by atoms with Gasteiger partial charge in [0, 0.05) is 38.0 Å². The van der Waals surface area contributed by atoms with Crippen LogP contribution in [0.5, 0.6) is 0 Å². The van der Waals surface area contributed by atoms with Crippen LogP contribution in [0.25, 0.3) is 0 Å². The highest BCUT2D eigenvalue weighted by molar-refractivity contribution is 5.03. The fourth-order valence-electron chi connectivity index (χ4n) is 2.98. The van der Waals surface area contributed by atoms with Crippen molar-refractivity contribution >= 4 is 0 Å². The normalized spacial score (nSPS) is 23.1. The average molecular weight is 279 g/mol. The number of hydrogen-bond acceptors (Lipinski definition) is 3. The predicted molar refractivity (Wildman–Crippen MR) is 81.5 cm³/mol. The molecule has 0 aliphatic carbocycles. The summed E-state index contributed by atoms with van der Waals surface area (Å²) in [6.45, 7) is 12.8. The molecule has 0 radical (unpaired) electrons. The van der Waals surface area contributed by atoms with Crippen molar-refractivity contribution in [3.8, 4) is 0 Å². The minimum atomic E-state index is 0.422. The molecule has 1 aromatic heterocycles. The number of rotatable bonds is 7. The van der Waals surface area contributed by atoms with Gasteiger partial charge in [-0.3, -0.25) is 4.68 Å². The third kappa shape index (κ3) is 4.32. The molecule has 114 valence electrons. The Hall–Kier alpha value is -0.870. The van der Waals surface area contributed by atoms with Crippen LogP contribution in [0.4, 0.5) is 0 Å². The molecule has 2 atom stereocenters. The van der Waals surface area contributed by atoms with E-state index < -0.39 is 0 Å². The van der Waals surface area contributed by atoms with Crippen LogP contribution in [-0.2, 0) is 17.8 Å². The fraction of sp³-hybridized carbons (Fsp3) is 0.812. The van der Waals surface area contributed by atoms with E-state index in [2.05, 4.69) is 44.3 Å². The second-order valence-corrected chi connectivity index (χ2v) is 6.72.